The normalized spacial score (nSPS) is 10.8. The van der Waals surface area contributed by atoms with Crippen molar-refractivity contribution in [2.24, 2.45) is 0 Å². The van der Waals surface area contributed by atoms with Gasteiger partial charge >= 0.3 is 0 Å². The molecule has 2 aromatic heterocycles. The van der Waals surface area contributed by atoms with Crippen LogP contribution in [0.15, 0.2) is 66.7 Å². The summed E-state index contributed by atoms with van der Waals surface area (Å²) in [4.78, 5) is 12.0. The number of carbonyl (C=O) groups excluding carboxylic acids is 1. The number of nitrogens with zero attached hydrogens (tertiary/aromatic N) is 4. The van der Waals surface area contributed by atoms with E-state index in [-0.39, 0.29) is 18.3 Å². The minimum Gasteiger partial charge on any atom is -0.475 e. The fraction of sp³-hybridized carbons (Fsp3) is 0.182. The summed E-state index contributed by atoms with van der Waals surface area (Å²) in [5.74, 6) is 0.389. The molecule has 0 bridgehead atoms. The van der Waals surface area contributed by atoms with Crippen LogP contribution in [0, 0.1) is 5.82 Å². The maximum Gasteiger partial charge on any atom is 0.231 e. The topological polar surface area (TPSA) is 81.4 Å². The number of aromatic nitrogens is 4. The van der Waals surface area contributed by atoms with Crippen LogP contribution in [0.25, 0.3) is 17.0 Å². The van der Waals surface area contributed by atoms with Gasteiger partial charge in [0.15, 0.2) is 11.5 Å². The second-order valence-electron chi connectivity index (χ2n) is 6.66. The summed E-state index contributed by atoms with van der Waals surface area (Å²) >= 11 is 0. The third-order valence-corrected chi connectivity index (χ3v) is 4.48. The van der Waals surface area contributed by atoms with Gasteiger partial charge in [0.1, 0.15) is 12.4 Å². The average Bonchev–Trinajstić information content (AvgIpc) is 3.19. The molecular formula is C22H20FN5O2. The van der Waals surface area contributed by atoms with Gasteiger partial charge < -0.3 is 10.1 Å². The maximum absolute atomic E-state index is 13.5. The second-order valence-corrected chi connectivity index (χ2v) is 6.66. The van der Waals surface area contributed by atoms with Crippen LogP contribution < -0.4 is 10.1 Å². The van der Waals surface area contributed by atoms with Crippen molar-refractivity contribution in [2.75, 3.05) is 13.2 Å². The van der Waals surface area contributed by atoms with Crippen LogP contribution in [0.4, 0.5) is 4.39 Å². The SMILES string of the molecule is O=C(CCc1ccccc1)NCCOc1ccc2nnc(-c3cccc(F)c3)n2n1. The Kier molecular flexibility index (Phi) is 5.93. The van der Waals surface area contributed by atoms with Crippen LogP contribution in [-0.4, -0.2) is 38.9 Å². The van der Waals surface area contributed by atoms with Crippen molar-refractivity contribution in [1.29, 1.82) is 0 Å². The Labute approximate surface area is 172 Å². The third kappa shape index (κ3) is 4.78. The highest BCUT2D eigenvalue weighted by atomic mass is 19.1. The van der Waals surface area contributed by atoms with Crippen LogP contribution in [0.5, 0.6) is 5.88 Å². The highest BCUT2D eigenvalue weighted by Gasteiger charge is 2.11. The Morgan fingerprint density at radius 3 is 2.73 bits per heavy atom. The number of benzene rings is 2. The number of halogens is 1. The summed E-state index contributed by atoms with van der Waals surface area (Å²) in [6, 6.07) is 19.3. The van der Waals surface area contributed by atoms with Gasteiger partial charge in [0.2, 0.25) is 11.8 Å². The monoisotopic (exact) mass is 405 g/mol. The largest absolute Gasteiger partial charge is 0.475 e. The predicted octanol–water partition coefficient (Wildman–Crippen LogP) is 3.06. The molecule has 8 heteroatoms. The molecule has 4 aromatic rings. The summed E-state index contributed by atoms with van der Waals surface area (Å²) in [5.41, 5.74) is 2.22. The van der Waals surface area contributed by atoms with E-state index in [1.165, 1.54) is 16.6 Å². The summed E-state index contributed by atoms with van der Waals surface area (Å²) in [5, 5.41) is 15.3. The summed E-state index contributed by atoms with van der Waals surface area (Å²) in [6.07, 6.45) is 1.12. The number of amides is 1. The van der Waals surface area contributed by atoms with Gasteiger partial charge in [-0.2, -0.15) is 4.52 Å². The highest BCUT2D eigenvalue weighted by molar-refractivity contribution is 5.76. The lowest BCUT2D eigenvalue weighted by Gasteiger charge is -2.08. The molecule has 1 N–H and O–H groups in total. The zero-order valence-electron chi connectivity index (χ0n) is 16.2. The molecule has 0 aliphatic carbocycles. The highest BCUT2D eigenvalue weighted by Crippen LogP contribution is 2.19. The van der Waals surface area contributed by atoms with Crippen LogP contribution in [0.1, 0.15) is 12.0 Å². The second kappa shape index (κ2) is 9.13. The Hall–Kier alpha value is -3.81. The lowest BCUT2D eigenvalue weighted by atomic mass is 10.1. The zero-order chi connectivity index (χ0) is 20.8. The predicted molar refractivity (Wildman–Crippen MR) is 109 cm³/mol. The minimum atomic E-state index is -0.361. The molecule has 1 amide bonds. The summed E-state index contributed by atoms with van der Waals surface area (Å²) in [7, 11) is 0. The van der Waals surface area contributed by atoms with E-state index >= 15 is 0 Å². The molecule has 152 valence electrons. The first-order valence-corrected chi connectivity index (χ1v) is 9.61. The molecule has 0 atom stereocenters. The fourth-order valence-corrected chi connectivity index (χ4v) is 2.99. The van der Waals surface area contributed by atoms with Crippen molar-refractivity contribution < 1.29 is 13.9 Å². The van der Waals surface area contributed by atoms with E-state index in [1.807, 2.05) is 30.3 Å². The molecule has 0 fully saturated rings. The molecule has 4 rings (SSSR count). The van der Waals surface area contributed by atoms with E-state index in [9.17, 15) is 9.18 Å². The van der Waals surface area contributed by atoms with Crippen LogP contribution >= 0.6 is 0 Å². The number of rotatable bonds is 8. The molecule has 0 unspecified atom stereocenters. The van der Waals surface area contributed by atoms with Crippen molar-refractivity contribution in [1.82, 2.24) is 25.1 Å². The average molecular weight is 405 g/mol. The Morgan fingerprint density at radius 1 is 1.03 bits per heavy atom. The van der Waals surface area contributed by atoms with Crippen LogP contribution in [0.2, 0.25) is 0 Å². The quantitative estimate of drug-likeness (QED) is 0.456. The molecule has 2 aromatic carbocycles. The first-order chi connectivity index (χ1) is 14.7. The van der Waals surface area contributed by atoms with Crippen LogP contribution in [0.3, 0.4) is 0 Å². The molecule has 30 heavy (non-hydrogen) atoms. The van der Waals surface area contributed by atoms with Crippen molar-refractivity contribution in [3.05, 3.63) is 78.1 Å². The van der Waals surface area contributed by atoms with Gasteiger partial charge in [-0.05, 0) is 30.2 Å². The zero-order valence-corrected chi connectivity index (χ0v) is 16.2. The van der Waals surface area contributed by atoms with Crippen LogP contribution in [-0.2, 0) is 11.2 Å². The number of fused-ring (bicyclic) bond motifs is 1. The van der Waals surface area contributed by atoms with E-state index in [0.29, 0.717) is 42.3 Å². The van der Waals surface area contributed by atoms with E-state index < -0.39 is 0 Å². The van der Waals surface area contributed by atoms with Gasteiger partial charge in [0.05, 0.1) is 6.54 Å². The fourth-order valence-electron chi connectivity index (χ4n) is 2.99. The van der Waals surface area contributed by atoms with Gasteiger partial charge in [-0.3, -0.25) is 4.79 Å². The number of hydrogen-bond acceptors (Lipinski definition) is 5. The molecule has 0 aliphatic heterocycles. The molecule has 2 heterocycles. The molecule has 0 saturated heterocycles. The smallest absolute Gasteiger partial charge is 0.231 e. The third-order valence-electron chi connectivity index (χ3n) is 4.48. The van der Waals surface area contributed by atoms with E-state index in [1.54, 1.807) is 24.3 Å². The van der Waals surface area contributed by atoms with Crippen molar-refractivity contribution in [3.8, 4) is 17.3 Å². The lowest BCUT2D eigenvalue weighted by Crippen LogP contribution is -2.28. The van der Waals surface area contributed by atoms with Gasteiger partial charge in [-0.1, -0.05) is 42.5 Å². The lowest BCUT2D eigenvalue weighted by molar-refractivity contribution is -0.121. The number of hydrogen-bond donors (Lipinski definition) is 1. The van der Waals surface area contributed by atoms with Crippen molar-refractivity contribution >= 4 is 11.6 Å². The van der Waals surface area contributed by atoms with E-state index in [2.05, 4.69) is 20.6 Å². The molecular weight excluding hydrogens is 385 g/mol. The standard InChI is InChI=1S/C22H20FN5O2/c23-18-8-4-7-17(15-18)22-26-25-19-10-12-21(27-28(19)22)30-14-13-24-20(29)11-9-16-5-2-1-3-6-16/h1-8,10,12,15H,9,11,13-14H2,(H,24,29). The summed E-state index contributed by atoms with van der Waals surface area (Å²) in [6.45, 7) is 0.638. The van der Waals surface area contributed by atoms with Gasteiger partial charge in [-0.15, -0.1) is 15.3 Å². The van der Waals surface area contributed by atoms with Crippen molar-refractivity contribution in [3.63, 3.8) is 0 Å². The van der Waals surface area contributed by atoms with Gasteiger partial charge in [0, 0.05) is 18.1 Å². The molecule has 0 saturated carbocycles. The number of carbonyl (C=O) groups is 1. The number of aryl methyl sites for hydroxylation is 1. The Bertz CT molecular complexity index is 1150. The molecule has 0 aliphatic rings. The number of ether oxygens (including phenoxy) is 1. The Morgan fingerprint density at radius 2 is 1.90 bits per heavy atom. The van der Waals surface area contributed by atoms with Gasteiger partial charge in [0.25, 0.3) is 0 Å². The van der Waals surface area contributed by atoms with E-state index in [0.717, 1.165) is 5.56 Å². The van der Waals surface area contributed by atoms with Gasteiger partial charge in [-0.25, -0.2) is 4.39 Å². The maximum atomic E-state index is 13.5. The minimum absolute atomic E-state index is 0.0296. The molecule has 0 radical (unpaired) electrons. The van der Waals surface area contributed by atoms with Crippen molar-refractivity contribution in [2.45, 2.75) is 12.8 Å². The first-order valence-electron chi connectivity index (χ1n) is 9.61. The molecule has 0 spiro atoms. The summed E-state index contributed by atoms with van der Waals surface area (Å²) < 4.78 is 20.7. The molecule has 7 nitrogen and oxygen atoms in total. The van der Waals surface area contributed by atoms with E-state index in [4.69, 9.17) is 4.74 Å². The Balaban J connectivity index is 1.31. The number of nitrogens with one attached hydrogen (secondary N) is 1. The first kappa shape index (κ1) is 19.5.